The lowest BCUT2D eigenvalue weighted by Gasteiger charge is -2.23. The zero-order valence-corrected chi connectivity index (χ0v) is 19.4. The number of benzene rings is 1. The normalized spacial score (nSPS) is 17.4. The number of rotatable bonds is 4. The van der Waals surface area contributed by atoms with Gasteiger partial charge in [-0.3, -0.25) is 4.79 Å². The van der Waals surface area contributed by atoms with Crippen LogP contribution in [0.15, 0.2) is 29.3 Å². The molecule has 0 radical (unpaired) electrons. The van der Waals surface area contributed by atoms with Crippen LogP contribution in [0.1, 0.15) is 77.0 Å². The van der Waals surface area contributed by atoms with Gasteiger partial charge in [0.1, 0.15) is 5.00 Å². The van der Waals surface area contributed by atoms with Crippen molar-refractivity contribution in [3.63, 3.8) is 0 Å². The zero-order chi connectivity index (χ0) is 21.4. The Bertz CT molecular complexity index is 1150. The van der Waals surface area contributed by atoms with Crippen LogP contribution in [0.5, 0.6) is 0 Å². The van der Waals surface area contributed by atoms with E-state index in [1.54, 1.807) is 11.3 Å². The van der Waals surface area contributed by atoms with E-state index in [0.29, 0.717) is 6.04 Å². The van der Waals surface area contributed by atoms with Crippen molar-refractivity contribution in [1.29, 1.82) is 0 Å². The van der Waals surface area contributed by atoms with Crippen molar-refractivity contribution < 1.29 is 4.79 Å². The van der Waals surface area contributed by atoms with Crippen molar-refractivity contribution in [3.8, 4) is 0 Å². The largest absolute Gasteiger partial charge is 0.349 e. The maximum atomic E-state index is 13.4. The molecule has 1 saturated carbocycles. The van der Waals surface area contributed by atoms with Crippen molar-refractivity contribution in [3.05, 3.63) is 51.5 Å². The molecule has 162 valence electrons. The van der Waals surface area contributed by atoms with Gasteiger partial charge < -0.3 is 9.88 Å². The van der Waals surface area contributed by atoms with Gasteiger partial charge in [0.05, 0.1) is 5.56 Å². The maximum absolute atomic E-state index is 13.4. The molecule has 1 fully saturated rings. The summed E-state index contributed by atoms with van der Waals surface area (Å²) in [5.74, 6) is 0.0908. The summed E-state index contributed by atoms with van der Waals surface area (Å²) in [6.07, 6.45) is 12.4. The topological polar surface area (TPSA) is 46.4 Å². The van der Waals surface area contributed by atoms with Crippen LogP contribution in [0.2, 0.25) is 0 Å². The first kappa shape index (κ1) is 20.5. The van der Waals surface area contributed by atoms with Crippen molar-refractivity contribution in [1.82, 2.24) is 9.88 Å². The lowest BCUT2D eigenvalue weighted by atomic mass is 9.93. The number of hydrogen-bond acceptors (Lipinski definition) is 3. The molecule has 4 nitrogen and oxygen atoms in total. The van der Waals surface area contributed by atoms with E-state index in [2.05, 4.69) is 48.1 Å². The SMILES string of the molecule is Cc1c(/C=N\c2sc3c(c2C(=O)NC2CCCCC2)CCCC3)c2ccccc2n1C. The monoisotopic (exact) mass is 433 g/mol. The van der Waals surface area contributed by atoms with Crippen LogP contribution in [0, 0.1) is 6.92 Å². The second kappa shape index (κ2) is 8.62. The van der Waals surface area contributed by atoms with Gasteiger partial charge in [0, 0.05) is 46.3 Å². The average molecular weight is 434 g/mol. The third-order valence-electron chi connectivity index (χ3n) is 7.08. The number of aryl methyl sites for hydroxylation is 2. The molecular formula is C26H31N3OS. The molecule has 0 bridgehead atoms. The number of aliphatic imine (C=N–C) groups is 1. The smallest absolute Gasteiger partial charge is 0.254 e. The van der Waals surface area contributed by atoms with Crippen LogP contribution < -0.4 is 5.32 Å². The Morgan fingerprint density at radius 3 is 2.74 bits per heavy atom. The summed E-state index contributed by atoms with van der Waals surface area (Å²) in [5, 5.41) is 5.44. The maximum Gasteiger partial charge on any atom is 0.254 e. The summed E-state index contributed by atoms with van der Waals surface area (Å²) < 4.78 is 2.22. The van der Waals surface area contributed by atoms with Crippen molar-refractivity contribution in [2.24, 2.45) is 12.0 Å². The van der Waals surface area contributed by atoms with Gasteiger partial charge in [-0.2, -0.15) is 0 Å². The number of para-hydroxylation sites is 1. The van der Waals surface area contributed by atoms with Crippen molar-refractivity contribution in [2.45, 2.75) is 70.8 Å². The molecular weight excluding hydrogens is 402 g/mol. The molecule has 0 aliphatic heterocycles. The third kappa shape index (κ3) is 3.84. The minimum atomic E-state index is 0.0908. The molecule has 3 aromatic rings. The van der Waals surface area contributed by atoms with Gasteiger partial charge in [-0.25, -0.2) is 4.99 Å². The number of hydrogen-bond donors (Lipinski definition) is 1. The van der Waals surface area contributed by atoms with Gasteiger partial charge in [-0.15, -0.1) is 11.3 Å². The summed E-state index contributed by atoms with van der Waals surface area (Å²) in [4.78, 5) is 19.7. The Kier molecular flexibility index (Phi) is 5.70. The van der Waals surface area contributed by atoms with E-state index in [1.165, 1.54) is 59.1 Å². The summed E-state index contributed by atoms with van der Waals surface area (Å²) in [6.45, 7) is 2.14. The number of fused-ring (bicyclic) bond motifs is 2. The lowest BCUT2D eigenvalue weighted by Crippen LogP contribution is -2.36. The molecule has 5 heteroatoms. The number of nitrogens with zero attached hydrogens (tertiary/aromatic N) is 2. The van der Waals surface area contributed by atoms with E-state index in [9.17, 15) is 4.79 Å². The molecule has 0 atom stereocenters. The first-order chi connectivity index (χ1) is 15.1. The molecule has 2 heterocycles. The van der Waals surface area contributed by atoms with Crippen LogP contribution in [-0.2, 0) is 19.9 Å². The van der Waals surface area contributed by atoms with Crippen LogP contribution in [0.4, 0.5) is 5.00 Å². The molecule has 0 saturated heterocycles. The van der Waals surface area contributed by atoms with E-state index in [-0.39, 0.29) is 5.91 Å². The molecule has 1 amide bonds. The Balaban J connectivity index is 1.51. The Hall–Kier alpha value is -2.40. The predicted molar refractivity (Wildman–Crippen MR) is 130 cm³/mol. The fourth-order valence-electron chi connectivity index (χ4n) is 5.22. The zero-order valence-electron chi connectivity index (χ0n) is 18.5. The third-order valence-corrected chi connectivity index (χ3v) is 8.28. The minimum Gasteiger partial charge on any atom is -0.349 e. The second-order valence-electron chi connectivity index (χ2n) is 9.03. The standard InChI is InChI=1S/C26H31N3OS/c1-17-21(19-12-6-8-14-22(19)29(17)2)16-27-26-24(20-13-7-9-15-23(20)31-26)25(30)28-18-10-4-3-5-11-18/h6,8,12,14,16,18H,3-5,7,9-11,13,15H2,1-2H3,(H,28,30)/b27-16-. The molecule has 2 aliphatic carbocycles. The minimum absolute atomic E-state index is 0.0908. The van der Waals surface area contributed by atoms with Crippen LogP contribution >= 0.6 is 11.3 Å². The van der Waals surface area contributed by atoms with Gasteiger partial charge in [-0.05, 0) is 57.1 Å². The fourth-order valence-corrected chi connectivity index (χ4v) is 6.45. The van der Waals surface area contributed by atoms with Gasteiger partial charge >= 0.3 is 0 Å². The highest BCUT2D eigenvalue weighted by Gasteiger charge is 2.27. The Morgan fingerprint density at radius 2 is 1.90 bits per heavy atom. The highest BCUT2D eigenvalue weighted by molar-refractivity contribution is 7.16. The van der Waals surface area contributed by atoms with Gasteiger partial charge in [-0.1, -0.05) is 37.5 Å². The molecule has 2 aromatic heterocycles. The quantitative estimate of drug-likeness (QED) is 0.486. The summed E-state index contributed by atoms with van der Waals surface area (Å²) in [7, 11) is 2.10. The van der Waals surface area contributed by atoms with E-state index >= 15 is 0 Å². The fraction of sp³-hybridized carbons (Fsp3) is 0.462. The summed E-state index contributed by atoms with van der Waals surface area (Å²) >= 11 is 1.72. The van der Waals surface area contributed by atoms with E-state index in [1.807, 2.05) is 6.21 Å². The average Bonchev–Trinajstić information content (AvgIpc) is 3.28. The number of nitrogens with one attached hydrogen (secondary N) is 1. The number of thiophene rings is 1. The molecule has 0 unspecified atom stereocenters. The highest BCUT2D eigenvalue weighted by Crippen LogP contribution is 2.40. The molecule has 1 aromatic carbocycles. The summed E-state index contributed by atoms with van der Waals surface area (Å²) in [5.41, 5.74) is 5.65. The molecule has 1 N–H and O–H groups in total. The highest BCUT2D eigenvalue weighted by atomic mass is 32.1. The van der Waals surface area contributed by atoms with Crippen LogP contribution in [-0.4, -0.2) is 22.7 Å². The van der Waals surface area contributed by atoms with E-state index in [0.717, 1.165) is 41.8 Å². The molecule has 31 heavy (non-hydrogen) atoms. The first-order valence-corrected chi connectivity index (χ1v) is 12.5. The number of carbonyl (C=O) groups is 1. The Morgan fingerprint density at radius 1 is 1.13 bits per heavy atom. The summed E-state index contributed by atoms with van der Waals surface area (Å²) in [6, 6.07) is 8.76. The van der Waals surface area contributed by atoms with Gasteiger partial charge in [0.15, 0.2) is 0 Å². The predicted octanol–water partition coefficient (Wildman–Crippen LogP) is 6.24. The van der Waals surface area contributed by atoms with Gasteiger partial charge in [0.25, 0.3) is 5.91 Å². The molecule has 0 spiro atoms. The van der Waals surface area contributed by atoms with E-state index in [4.69, 9.17) is 4.99 Å². The van der Waals surface area contributed by atoms with E-state index < -0.39 is 0 Å². The number of carbonyl (C=O) groups excluding carboxylic acids is 1. The number of amides is 1. The van der Waals surface area contributed by atoms with Crippen LogP contribution in [0.3, 0.4) is 0 Å². The lowest BCUT2D eigenvalue weighted by molar-refractivity contribution is 0.0927. The first-order valence-electron chi connectivity index (χ1n) is 11.7. The Labute approximate surface area is 188 Å². The van der Waals surface area contributed by atoms with Gasteiger partial charge in [0.2, 0.25) is 0 Å². The molecule has 2 aliphatic rings. The second-order valence-corrected chi connectivity index (χ2v) is 10.1. The number of aromatic nitrogens is 1. The van der Waals surface area contributed by atoms with Crippen molar-refractivity contribution >= 4 is 39.4 Å². The van der Waals surface area contributed by atoms with Crippen LogP contribution in [0.25, 0.3) is 10.9 Å². The van der Waals surface area contributed by atoms with Crippen molar-refractivity contribution in [2.75, 3.05) is 0 Å². The molecule has 5 rings (SSSR count).